The lowest BCUT2D eigenvalue weighted by atomic mass is 10.0. The molecule has 8 heteroatoms. The Bertz CT molecular complexity index is 1010. The molecule has 0 saturated carbocycles. The van der Waals surface area contributed by atoms with Crippen LogP contribution >= 0.6 is 34.5 Å². The molecule has 0 fully saturated rings. The molecule has 0 radical (unpaired) electrons. The lowest BCUT2D eigenvalue weighted by Crippen LogP contribution is -2.09. The summed E-state index contributed by atoms with van der Waals surface area (Å²) in [7, 11) is 0. The number of carbonyl (C=O) groups is 1. The molecule has 0 N–H and O–H groups in total. The van der Waals surface area contributed by atoms with Gasteiger partial charge in [0.25, 0.3) is 0 Å². The zero-order valence-electron chi connectivity index (χ0n) is 13.5. The van der Waals surface area contributed by atoms with Crippen molar-refractivity contribution in [3.63, 3.8) is 0 Å². The number of hydrogen-bond acceptors (Lipinski definition) is 6. The van der Waals surface area contributed by atoms with Crippen LogP contribution in [0.25, 0.3) is 22.4 Å². The number of carbonyl (C=O) groups excluding carboxylic acids is 1. The number of aromatic nitrogens is 2. The molecule has 0 bridgehead atoms. The predicted octanol–water partition coefficient (Wildman–Crippen LogP) is 5.02. The van der Waals surface area contributed by atoms with Crippen LogP contribution < -0.4 is 4.74 Å². The Balaban J connectivity index is 2.23. The van der Waals surface area contributed by atoms with E-state index in [0.717, 1.165) is 5.56 Å². The number of ether oxygens (including phenoxy) is 1. The van der Waals surface area contributed by atoms with E-state index in [-0.39, 0.29) is 23.8 Å². The topological polar surface area (TPSA) is 75.9 Å². The van der Waals surface area contributed by atoms with Crippen molar-refractivity contribution in [2.45, 2.75) is 6.92 Å². The van der Waals surface area contributed by atoms with E-state index in [1.54, 1.807) is 30.6 Å². The Morgan fingerprint density at radius 1 is 1.35 bits per heavy atom. The van der Waals surface area contributed by atoms with Gasteiger partial charge in [0.2, 0.25) is 5.88 Å². The van der Waals surface area contributed by atoms with Gasteiger partial charge in [-0.2, -0.15) is 5.26 Å². The molecule has 3 aromatic heterocycles. The first kappa shape index (κ1) is 18.3. The van der Waals surface area contributed by atoms with Crippen LogP contribution in [0, 0.1) is 11.3 Å². The minimum absolute atomic E-state index is 0.0671. The number of rotatable bonds is 5. The van der Waals surface area contributed by atoms with Gasteiger partial charge in [-0.3, -0.25) is 9.78 Å². The highest BCUT2D eigenvalue weighted by Gasteiger charge is 2.19. The summed E-state index contributed by atoms with van der Waals surface area (Å²) in [5.74, 6) is -0.113. The van der Waals surface area contributed by atoms with E-state index in [9.17, 15) is 10.1 Å². The van der Waals surface area contributed by atoms with Crippen molar-refractivity contribution in [1.82, 2.24) is 9.97 Å². The SMILES string of the molecule is CC(=O)COc1nc(-c2cc(Cl)sc2Cl)cc(-c2cccnc2)c1C#N. The van der Waals surface area contributed by atoms with Crippen LogP contribution in [0.15, 0.2) is 36.7 Å². The normalized spacial score (nSPS) is 10.4. The second-order valence-corrected chi connectivity index (χ2v) is 7.60. The summed E-state index contributed by atoms with van der Waals surface area (Å²) in [6, 6.07) is 9.13. The van der Waals surface area contributed by atoms with Gasteiger partial charge in [0.1, 0.15) is 22.6 Å². The number of nitrogens with zero attached hydrogens (tertiary/aromatic N) is 3. The molecule has 0 aromatic carbocycles. The largest absolute Gasteiger partial charge is 0.469 e. The Morgan fingerprint density at radius 3 is 2.73 bits per heavy atom. The van der Waals surface area contributed by atoms with Crippen LogP contribution in [0.3, 0.4) is 0 Å². The molecule has 0 aliphatic heterocycles. The number of Topliss-reactive ketones (excluding diaryl/α,β-unsaturated/α-hetero) is 1. The Morgan fingerprint density at radius 2 is 2.15 bits per heavy atom. The van der Waals surface area contributed by atoms with Crippen molar-refractivity contribution < 1.29 is 9.53 Å². The molecule has 0 aliphatic carbocycles. The van der Waals surface area contributed by atoms with Crippen LogP contribution in [-0.2, 0) is 4.79 Å². The number of thiophene rings is 1. The third-order valence-electron chi connectivity index (χ3n) is 3.42. The zero-order chi connectivity index (χ0) is 18.7. The second kappa shape index (κ2) is 7.83. The Hall–Kier alpha value is -2.46. The summed E-state index contributed by atoms with van der Waals surface area (Å²) in [6.07, 6.45) is 3.28. The number of hydrogen-bond donors (Lipinski definition) is 0. The molecule has 130 valence electrons. The average Bonchev–Trinajstić information content (AvgIpc) is 2.98. The number of nitriles is 1. The molecule has 3 aromatic rings. The zero-order valence-corrected chi connectivity index (χ0v) is 15.8. The lowest BCUT2D eigenvalue weighted by Gasteiger charge is -2.12. The Kier molecular flexibility index (Phi) is 5.52. The standard InChI is InChI=1S/C18H11Cl2N3O2S/c1-10(24)9-25-18-14(7-21)12(11-3-2-4-22-8-11)5-15(23-18)13-6-16(19)26-17(13)20/h2-6,8H,9H2,1H3. The fourth-order valence-corrected chi connectivity index (χ4v) is 3.79. The second-order valence-electron chi connectivity index (χ2n) is 5.32. The van der Waals surface area contributed by atoms with Crippen LogP contribution in [0.4, 0.5) is 0 Å². The van der Waals surface area contributed by atoms with Gasteiger partial charge in [-0.05, 0) is 25.1 Å². The maximum Gasteiger partial charge on any atom is 0.233 e. The molecular weight excluding hydrogens is 393 g/mol. The first-order valence-corrected chi connectivity index (χ1v) is 9.00. The fraction of sp³-hybridized carbons (Fsp3) is 0.111. The Labute approximate surface area is 163 Å². The molecule has 0 spiro atoms. The maximum absolute atomic E-state index is 11.3. The summed E-state index contributed by atoms with van der Waals surface area (Å²) in [5.41, 5.74) is 2.65. The van der Waals surface area contributed by atoms with E-state index in [2.05, 4.69) is 16.0 Å². The molecule has 3 rings (SSSR count). The summed E-state index contributed by atoms with van der Waals surface area (Å²) in [4.78, 5) is 19.8. The van der Waals surface area contributed by atoms with E-state index in [0.29, 0.717) is 25.5 Å². The number of pyridine rings is 2. The monoisotopic (exact) mass is 403 g/mol. The smallest absolute Gasteiger partial charge is 0.233 e. The molecule has 0 amide bonds. The molecule has 5 nitrogen and oxygen atoms in total. The van der Waals surface area contributed by atoms with Crippen molar-refractivity contribution >= 4 is 40.3 Å². The van der Waals surface area contributed by atoms with Gasteiger partial charge in [-0.1, -0.05) is 29.3 Å². The third kappa shape index (κ3) is 3.86. The van der Waals surface area contributed by atoms with E-state index >= 15 is 0 Å². The van der Waals surface area contributed by atoms with E-state index in [1.165, 1.54) is 18.3 Å². The van der Waals surface area contributed by atoms with E-state index in [4.69, 9.17) is 27.9 Å². The minimum atomic E-state index is -0.185. The summed E-state index contributed by atoms with van der Waals surface area (Å²) in [6.45, 7) is 1.21. The fourth-order valence-electron chi connectivity index (χ4n) is 2.31. The highest BCUT2D eigenvalue weighted by molar-refractivity contribution is 7.20. The minimum Gasteiger partial charge on any atom is -0.469 e. The van der Waals surface area contributed by atoms with Gasteiger partial charge in [-0.25, -0.2) is 4.98 Å². The summed E-state index contributed by atoms with van der Waals surface area (Å²) >= 11 is 13.5. The number of ketones is 1. The van der Waals surface area contributed by atoms with Crippen molar-refractivity contribution in [2.75, 3.05) is 6.61 Å². The van der Waals surface area contributed by atoms with Crippen LogP contribution in [0.1, 0.15) is 12.5 Å². The molecule has 0 aliphatic rings. The van der Waals surface area contributed by atoms with Crippen molar-refractivity contribution in [2.24, 2.45) is 0 Å². The van der Waals surface area contributed by atoms with Crippen molar-refractivity contribution in [1.29, 1.82) is 5.26 Å². The molecule has 26 heavy (non-hydrogen) atoms. The summed E-state index contributed by atoms with van der Waals surface area (Å²) in [5, 5.41) is 9.63. The molecule has 3 heterocycles. The van der Waals surface area contributed by atoms with Gasteiger partial charge in [0.15, 0.2) is 5.78 Å². The van der Waals surface area contributed by atoms with Gasteiger partial charge < -0.3 is 4.74 Å². The first-order valence-electron chi connectivity index (χ1n) is 7.42. The van der Waals surface area contributed by atoms with Gasteiger partial charge in [-0.15, -0.1) is 11.3 Å². The maximum atomic E-state index is 11.3. The van der Waals surface area contributed by atoms with Crippen LogP contribution in [0.2, 0.25) is 8.67 Å². The molecule has 0 unspecified atom stereocenters. The number of halogens is 2. The average molecular weight is 404 g/mol. The summed E-state index contributed by atoms with van der Waals surface area (Å²) < 4.78 is 6.48. The highest BCUT2D eigenvalue weighted by atomic mass is 35.5. The van der Waals surface area contributed by atoms with Crippen molar-refractivity contribution in [3.8, 4) is 34.3 Å². The molecular formula is C18H11Cl2N3O2S. The highest BCUT2D eigenvalue weighted by Crippen LogP contribution is 2.40. The lowest BCUT2D eigenvalue weighted by molar-refractivity contribution is -0.119. The van der Waals surface area contributed by atoms with Gasteiger partial charge >= 0.3 is 0 Å². The quantitative estimate of drug-likeness (QED) is 0.597. The van der Waals surface area contributed by atoms with E-state index in [1.807, 2.05) is 6.07 Å². The van der Waals surface area contributed by atoms with Gasteiger partial charge in [0, 0.05) is 29.1 Å². The first-order chi connectivity index (χ1) is 12.5. The molecule has 0 saturated heterocycles. The van der Waals surface area contributed by atoms with Gasteiger partial charge in [0.05, 0.1) is 10.0 Å². The van der Waals surface area contributed by atoms with E-state index < -0.39 is 0 Å². The van der Waals surface area contributed by atoms with Crippen LogP contribution in [-0.4, -0.2) is 22.4 Å². The van der Waals surface area contributed by atoms with Crippen LogP contribution in [0.5, 0.6) is 5.88 Å². The predicted molar refractivity (Wildman–Crippen MR) is 102 cm³/mol. The third-order valence-corrected chi connectivity index (χ3v) is 4.90. The van der Waals surface area contributed by atoms with Crippen molar-refractivity contribution in [3.05, 3.63) is 50.9 Å². The molecule has 0 atom stereocenters.